The van der Waals surface area contributed by atoms with Crippen molar-refractivity contribution in [2.24, 2.45) is 0 Å². The summed E-state index contributed by atoms with van der Waals surface area (Å²) in [4.78, 5) is 27.4. The lowest BCUT2D eigenvalue weighted by Crippen LogP contribution is -2.36. The molecule has 0 saturated carbocycles. The maximum Gasteiger partial charge on any atom is 0.262 e. The van der Waals surface area contributed by atoms with Gasteiger partial charge in [0.2, 0.25) is 0 Å². The summed E-state index contributed by atoms with van der Waals surface area (Å²) in [6, 6.07) is 6.47. The third-order valence-corrected chi connectivity index (χ3v) is 2.06. The Morgan fingerprint density at radius 1 is 1.41 bits per heavy atom. The molecular weight excluding hydrogens is 244 g/mol. The van der Waals surface area contributed by atoms with Crippen molar-refractivity contribution in [3.63, 3.8) is 0 Å². The second kappa shape index (κ2) is 6.88. The van der Waals surface area contributed by atoms with Crippen molar-refractivity contribution in [1.29, 1.82) is 0 Å². The zero-order valence-corrected chi connectivity index (χ0v) is 10.1. The number of hydrogen-bond acceptors (Lipinski definition) is 3. The van der Waals surface area contributed by atoms with E-state index in [4.69, 9.17) is 11.6 Å². The molecule has 6 heteroatoms. The number of hydroxylamine groups is 1. The molecule has 17 heavy (non-hydrogen) atoms. The van der Waals surface area contributed by atoms with E-state index in [2.05, 4.69) is 15.6 Å². The van der Waals surface area contributed by atoms with Crippen LogP contribution in [0.15, 0.2) is 24.3 Å². The lowest BCUT2D eigenvalue weighted by molar-refractivity contribution is -0.132. The normalized spacial score (nSPS) is 9.76. The van der Waals surface area contributed by atoms with E-state index >= 15 is 0 Å². The van der Waals surface area contributed by atoms with Crippen LogP contribution in [0.1, 0.15) is 17.3 Å². The van der Waals surface area contributed by atoms with Crippen LogP contribution in [0.5, 0.6) is 0 Å². The summed E-state index contributed by atoms with van der Waals surface area (Å²) < 4.78 is 0. The maximum atomic E-state index is 11.6. The Labute approximate surface area is 104 Å². The molecule has 1 aromatic rings. The molecule has 0 atom stereocenters. The molecule has 0 spiro atoms. The van der Waals surface area contributed by atoms with Crippen molar-refractivity contribution in [1.82, 2.24) is 10.8 Å². The highest BCUT2D eigenvalue weighted by Crippen LogP contribution is 2.10. The van der Waals surface area contributed by atoms with Gasteiger partial charge in [-0.25, -0.2) is 5.48 Å². The summed E-state index contributed by atoms with van der Waals surface area (Å²) in [7, 11) is 0. The van der Waals surface area contributed by atoms with Gasteiger partial charge in [-0.3, -0.25) is 14.4 Å². The first kappa shape index (κ1) is 13.5. The van der Waals surface area contributed by atoms with E-state index in [-0.39, 0.29) is 12.5 Å². The fourth-order valence-corrected chi connectivity index (χ4v) is 1.27. The summed E-state index contributed by atoms with van der Waals surface area (Å²) >= 11 is 5.74. The molecule has 0 aliphatic heterocycles. The quantitative estimate of drug-likeness (QED) is 0.777. The molecule has 0 aromatic heterocycles. The highest BCUT2D eigenvalue weighted by atomic mass is 35.5. The average molecular weight is 257 g/mol. The van der Waals surface area contributed by atoms with E-state index in [9.17, 15) is 9.59 Å². The smallest absolute Gasteiger partial charge is 0.262 e. The highest BCUT2D eigenvalue weighted by Gasteiger charge is 2.07. The molecular formula is C11H13ClN2O3. The second-order valence-electron chi connectivity index (χ2n) is 3.15. The largest absolute Gasteiger partial charge is 0.343 e. The Balaban J connectivity index is 2.42. The SMILES string of the molecule is CCONC(=O)CNC(=O)c1cccc(Cl)c1. The minimum absolute atomic E-state index is 0.147. The van der Waals surface area contributed by atoms with E-state index in [1.165, 1.54) is 6.07 Å². The van der Waals surface area contributed by atoms with Crippen LogP contribution in [-0.2, 0) is 9.63 Å². The van der Waals surface area contributed by atoms with Crippen LogP contribution in [-0.4, -0.2) is 25.0 Å². The number of carbonyl (C=O) groups excluding carboxylic acids is 2. The second-order valence-corrected chi connectivity index (χ2v) is 3.59. The van der Waals surface area contributed by atoms with Crippen LogP contribution in [0.25, 0.3) is 0 Å². The van der Waals surface area contributed by atoms with E-state index in [0.29, 0.717) is 17.2 Å². The van der Waals surface area contributed by atoms with Gasteiger partial charge in [-0.1, -0.05) is 17.7 Å². The third kappa shape index (κ3) is 4.84. The molecule has 5 nitrogen and oxygen atoms in total. The first-order valence-corrected chi connectivity index (χ1v) is 5.45. The zero-order chi connectivity index (χ0) is 12.7. The van der Waals surface area contributed by atoms with Crippen molar-refractivity contribution in [3.8, 4) is 0 Å². The molecule has 1 rings (SSSR count). The lowest BCUT2D eigenvalue weighted by atomic mass is 10.2. The Hall–Kier alpha value is -1.59. The molecule has 0 bridgehead atoms. The van der Waals surface area contributed by atoms with Crippen molar-refractivity contribution in [3.05, 3.63) is 34.9 Å². The van der Waals surface area contributed by atoms with E-state index in [1.54, 1.807) is 25.1 Å². The van der Waals surface area contributed by atoms with Gasteiger partial charge in [0.25, 0.3) is 11.8 Å². The predicted octanol–water partition coefficient (Wildman–Crippen LogP) is 1.14. The molecule has 0 radical (unpaired) electrons. The maximum absolute atomic E-state index is 11.6. The van der Waals surface area contributed by atoms with Crippen LogP contribution in [0, 0.1) is 0 Å². The number of amides is 2. The van der Waals surface area contributed by atoms with Gasteiger partial charge in [0.1, 0.15) is 0 Å². The fraction of sp³-hybridized carbons (Fsp3) is 0.273. The number of carbonyl (C=O) groups is 2. The number of nitrogens with one attached hydrogen (secondary N) is 2. The first-order chi connectivity index (χ1) is 8.13. The topological polar surface area (TPSA) is 67.4 Å². The Morgan fingerprint density at radius 3 is 2.82 bits per heavy atom. The standard InChI is InChI=1S/C11H13ClN2O3/c1-2-17-14-10(15)7-13-11(16)8-4-3-5-9(12)6-8/h3-6H,2,7H2,1H3,(H,13,16)(H,14,15). The Morgan fingerprint density at radius 2 is 2.18 bits per heavy atom. The van der Waals surface area contributed by atoms with Gasteiger partial charge in [0, 0.05) is 10.6 Å². The van der Waals surface area contributed by atoms with E-state index in [1.807, 2.05) is 0 Å². The van der Waals surface area contributed by atoms with Crippen LogP contribution in [0.2, 0.25) is 5.02 Å². The van der Waals surface area contributed by atoms with Gasteiger partial charge in [-0.05, 0) is 25.1 Å². The molecule has 0 aliphatic rings. The molecule has 1 aromatic carbocycles. The summed E-state index contributed by atoms with van der Waals surface area (Å²) in [5.41, 5.74) is 2.58. The van der Waals surface area contributed by atoms with Crippen molar-refractivity contribution < 1.29 is 14.4 Å². The van der Waals surface area contributed by atoms with Crippen LogP contribution >= 0.6 is 11.6 Å². The van der Waals surface area contributed by atoms with Gasteiger partial charge >= 0.3 is 0 Å². The van der Waals surface area contributed by atoms with Gasteiger partial charge < -0.3 is 5.32 Å². The molecule has 0 saturated heterocycles. The average Bonchev–Trinajstić information content (AvgIpc) is 2.33. The lowest BCUT2D eigenvalue weighted by Gasteiger charge is -2.06. The van der Waals surface area contributed by atoms with Crippen molar-refractivity contribution in [2.75, 3.05) is 13.2 Å². The summed E-state index contributed by atoms with van der Waals surface area (Å²) in [6.07, 6.45) is 0. The molecule has 92 valence electrons. The van der Waals surface area contributed by atoms with Gasteiger partial charge in [0.05, 0.1) is 13.2 Å². The number of rotatable bonds is 5. The van der Waals surface area contributed by atoms with Crippen molar-refractivity contribution >= 4 is 23.4 Å². The van der Waals surface area contributed by atoms with E-state index in [0.717, 1.165) is 0 Å². The Bertz CT molecular complexity index is 409. The Kier molecular flexibility index (Phi) is 5.45. The molecule has 0 aliphatic carbocycles. The van der Waals surface area contributed by atoms with Crippen molar-refractivity contribution in [2.45, 2.75) is 6.92 Å². The minimum Gasteiger partial charge on any atom is -0.343 e. The third-order valence-electron chi connectivity index (χ3n) is 1.83. The summed E-state index contributed by atoms with van der Waals surface area (Å²) in [5, 5.41) is 2.91. The van der Waals surface area contributed by atoms with E-state index < -0.39 is 5.91 Å². The van der Waals surface area contributed by atoms with Crippen LogP contribution in [0.3, 0.4) is 0 Å². The number of benzene rings is 1. The summed E-state index contributed by atoms with van der Waals surface area (Å²) in [6.45, 7) is 1.96. The molecule has 0 fully saturated rings. The van der Waals surface area contributed by atoms with Gasteiger partial charge in [0.15, 0.2) is 0 Å². The first-order valence-electron chi connectivity index (χ1n) is 5.08. The number of halogens is 1. The zero-order valence-electron chi connectivity index (χ0n) is 9.33. The highest BCUT2D eigenvalue weighted by molar-refractivity contribution is 6.30. The molecule has 2 amide bonds. The van der Waals surface area contributed by atoms with Crippen LogP contribution < -0.4 is 10.8 Å². The van der Waals surface area contributed by atoms with Gasteiger partial charge in [-0.15, -0.1) is 0 Å². The number of hydrogen-bond donors (Lipinski definition) is 2. The van der Waals surface area contributed by atoms with Gasteiger partial charge in [-0.2, -0.15) is 0 Å². The monoisotopic (exact) mass is 256 g/mol. The molecule has 2 N–H and O–H groups in total. The minimum atomic E-state index is -0.415. The predicted molar refractivity (Wildman–Crippen MR) is 63.6 cm³/mol. The molecule has 0 unspecified atom stereocenters. The summed E-state index contributed by atoms with van der Waals surface area (Å²) in [5.74, 6) is -0.777. The fourth-order valence-electron chi connectivity index (χ4n) is 1.08. The molecule has 0 heterocycles. The van der Waals surface area contributed by atoms with Crippen LogP contribution in [0.4, 0.5) is 0 Å².